The third-order valence-corrected chi connectivity index (χ3v) is 5.47. The number of nitrogens with one attached hydrogen (secondary N) is 2. The number of hydrogen-bond acceptors (Lipinski definition) is 4. The van der Waals surface area contributed by atoms with Crippen LogP contribution in [-0.4, -0.2) is 54.0 Å². The number of rotatable bonds is 9. The maximum atomic E-state index is 11.7. The third-order valence-electron chi connectivity index (χ3n) is 5.47. The number of guanidine groups is 1. The molecule has 0 radical (unpaired) electrons. The van der Waals surface area contributed by atoms with E-state index in [0.717, 1.165) is 63.4 Å². The first-order valence-corrected chi connectivity index (χ1v) is 11.2. The number of pyridine rings is 1. The van der Waals surface area contributed by atoms with Gasteiger partial charge >= 0.3 is 0 Å². The van der Waals surface area contributed by atoms with Crippen molar-refractivity contribution in [3.8, 4) is 5.88 Å². The molecule has 1 saturated heterocycles. The second-order valence-electron chi connectivity index (χ2n) is 7.84. The zero-order chi connectivity index (χ0) is 20.3. The van der Waals surface area contributed by atoms with Crippen LogP contribution in [0.3, 0.4) is 0 Å². The maximum absolute atomic E-state index is 11.7. The average molecular weight is 402 g/mol. The van der Waals surface area contributed by atoms with Crippen LogP contribution in [0.15, 0.2) is 23.3 Å². The number of carbonyl (C=O) groups is 1. The first kappa shape index (κ1) is 21.4. The Hall–Kier alpha value is -2.31. The van der Waals surface area contributed by atoms with Gasteiger partial charge in [-0.05, 0) is 51.0 Å². The van der Waals surface area contributed by atoms with Gasteiger partial charge in [-0.25, -0.2) is 9.98 Å². The molecule has 2 heterocycles. The van der Waals surface area contributed by atoms with E-state index in [1.54, 1.807) is 0 Å². The highest BCUT2D eigenvalue weighted by molar-refractivity contribution is 5.79. The number of aliphatic imine (C=N–C) groups is 1. The van der Waals surface area contributed by atoms with Gasteiger partial charge in [0.2, 0.25) is 11.8 Å². The minimum Gasteiger partial charge on any atom is -0.474 e. The Kier molecular flexibility index (Phi) is 8.58. The van der Waals surface area contributed by atoms with Crippen LogP contribution in [0.1, 0.15) is 63.9 Å². The number of carbonyl (C=O) groups excluding carboxylic acids is 1. The van der Waals surface area contributed by atoms with Crippen LogP contribution in [0.4, 0.5) is 0 Å². The molecule has 2 aliphatic rings. The molecule has 1 amide bonds. The van der Waals surface area contributed by atoms with Gasteiger partial charge in [-0.3, -0.25) is 4.79 Å². The Balaban J connectivity index is 1.41. The summed E-state index contributed by atoms with van der Waals surface area (Å²) >= 11 is 0. The van der Waals surface area contributed by atoms with Crippen LogP contribution in [0.2, 0.25) is 0 Å². The molecule has 2 fully saturated rings. The molecular weight excluding hydrogens is 366 g/mol. The van der Waals surface area contributed by atoms with E-state index in [1.807, 2.05) is 23.2 Å². The van der Waals surface area contributed by atoms with E-state index in [2.05, 4.69) is 27.5 Å². The summed E-state index contributed by atoms with van der Waals surface area (Å²) < 4.78 is 5.99. The smallest absolute Gasteiger partial charge is 0.222 e. The van der Waals surface area contributed by atoms with E-state index in [-0.39, 0.29) is 5.91 Å². The Morgan fingerprint density at radius 3 is 2.79 bits per heavy atom. The molecule has 1 aliphatic heterocycles. The van der Waals surface area contributed by atoms with E-state index < -0.39 is 0 Å². The van der Waals surface area contributed by atoms with E-state index in [0.29, 0.717) is 24.9 Å². The van der Waals surface area contributed by atoms with Crippen LogP contribution >= 0.6 is 0 Å². The molecule has 160 valence electrons. The lowest BCUT2D eigenvalue weighted by Crippen LogP contribution is -2.39. The first-order valence-electron chi connectivity index (χ1n) is 11.2. The van der Waals surface area contributed by atoms with Crippen molar-refractivity contribution in [2.24, 2.45) is 4.99 Å². The minimum absolute atomic E-state index is 0.286. The summed E-state index contributed by atoms with van der Waals surface area (Å²) in [6.45, 7) is 5.94. The van der Waals surface area contributed by atoms with Gasteiger partial charge in [0.05, 0.1) is 6.54 Å². The van der Waals surface area contributed by atoms with Crippen LogP contribution < -0.4 is 15.4 Å². The Labute approximate surface area is 174 Å². The van der Waals surface area contributed by atoms with Crippen LogP contribution in [0, 0.1) is 0 Å². The average Bonchev–Trinajstić information content (AvgIpc) is 3.16. The SMILES string of the molecule is CCNC(=NCc1ccc(OC2CCCCC2)nc1)NCCCN1CCCC1=O. The number of nitrogens with zero attached hydrogens (tertiary/aromatic N) is 3. The predicted octanol–water partition coefficient (Wildman–Crippen LogP) is 2.86. The summed E-state index contributed by atoms with van der Waals surface area (Å²) in [5, 5.41) is 6.62. The number of hydrogen-bond donors (Lipinski definition) is 2. The van der Waals surface area contributed by atoms with Crippen molar-refractivity contribution in [1.82, 2.24) is 20.5 Å². The van der Waals surface area contributed by atoms with Gasteiger partial charge in [0, 0.05) is 44.9 Å². The fraction of sp³-hybridized carbons (Fsp3) is 0.682. The number of amides is 1. The fourth-order valence-electron chi connectivity index (χ4n) is 3.86. The minimum atomic E-state index is 0.286. The Morgan fingerprint density at radius 1 is 1.24 bits per heavy atom. The number of likely N-dealkylation sites (tertiary alicyclic amines) is 1. The zero-order valence-corrected chi connectivity index (χ0v) is 17.7. The molecule has 29 heavy (non-hydrogen) atoms. The molecule has 0 spiro atoms. The molecule has 7 nitrogen and oxygen atoms in total. The van der Waals surface area contributed by atoms with Crippen LogP contribution in [0.25, 0.3) is 0 Å². The summed E-state index contributed by atoms with van der Waals surface area (Å²) in [4.78, 5) is 22.7. The monoisotopic (exact) mass is 401 g/mol. The molecular formula is C22H35N5O2. The molecule has 1 aromatic heterocycles. The fourth-order valence-corrected chi connectivity index (χ4v) is 3.86. The van der Waals surface area contributed by atoms with Crippen molar-refractivity contribution in [1.29, 1.82) is 0 Å². The highest BCUT2D eigenvalue weighted by atomic mass is 16.5. The second-order valence-corrected chi connectivity index (χ2v) is 7.84. The second kappa shape index (κ2) is 11.6. The Bertz CT molecular complexity index is 656. The number of aromatic nitrogens is 1. The lowest BCUT2D eigenvalue weighted by atomic mass is 9.98. The highest BCUT2D eigenvalue weighted by Gasteiger charge is 2.19. The summed E-state index contributed by atoms with van der Waals surface area (Å²) in [5.41, 5.74) is 1.06. The van der Waals surface area contributed by atoms with Gasteiger partial charge in [-0.15, -0.1) is 0 Å². The summed E-state index contributed by atoms with van der Waals surface area (Å²) in [6, 6.07) is 3.99. The van der Waals surface area contributed by atoms with E-state index in [1.165, 1.54) is 19.3 Å². The summed E-state index contributed by atoms with van der Waals surface area (Å²) in [6.07, 6.45) is 10.9. The molecule has 0 aromatic carbocycles. The van der Waals surface area contributed by atoms with Gasteiger partial charge in [0.1, 0.15) is 6.10 Å². The maximum Gasteiger partial charge on any atom is 0.222 e. The molecule has 1 aliphatic carbocycles. The van der Waals surface area contributed by atoms with Gasteiger partial charge in [-0.2, -0.15) is 0 Å². The normalized spacial score (nSPS) is 18.2. The molecule has 1 aromatic rings. The van der Waals surface area contributed by atoms with Crippen molar-refractivity contribution in [3.05, 3.63) is 23.9 Å². The highest BCUT2D eigenvalue weighted by Crippen LogP contribution is 2.22. The largest absolute Gasteiger partial charge is 0.474 e. The first-order chi connectivity index (χ1) is 14.2. The van der Waals surface area contributed by atoms with E-state index >= 15 is 0 Å². The van der Waals surface area contributed by atoms with Gasteiger partial charge in [0.25, 0.3) is 0 Å². The molecule has 0 unspecified atom stereocenters. The van der Waals surface area contributed by atoms with Gasteiger partial charge in [0.15, 0.2) is 5.96 Å². The molecule has 3 rings (SSSR count). The third kappa shape index (κ3) is 7.22. The van der Waals surface area contributed by atoms with E-state index in [9.17, 15) is 4.79 Å². The Morgan fingerprint density at radius 2 is 2.10 bits per heavy atom. The van der Waals surface area contributed by atoms with Crippen LogP contribution in [-0.2, 0) is 11.3 Å². The van der Waals surface area contributed by atoms with Crippen molar-refractivity contribution in [2.45, 2.75) is 70.9 Å². The van der Waals surface area contributed by atoms with Crippen molar-refractivity contribution in [2.75, 3.05) is 26.2 Å². The summed E-state index contributed by atoms with van der Waals surface area (Å²) in [5.74, 6) is 1.79. The number of ether oxygens (including phenoxy) is 1. The van der Waals surface area contributed by atoms with E-state index in [4.69, 9.17) is 4.74 Å². The predicted molar refractivity (Wildman–Crippen MR) is 115 cm³/mol. The van der Waals surface area contributed by atoms with Gasteiger partial charge in [-0.1, -0.05) is 12.5 Å². The lowest BCUT2D eigenvalue weighted by Gasteiger charge is -2.22. The molecule has 1 saturated carbocycles. The van der Waals surface area contributed by atoms with Crippen molar-refractivity contribution < 1.29 is 9.53 Å². The van der Waals surface area contributed by atoms with Crippen molar-refractivity contribution >= 4 is 11.9 Å². The molecule has 2 N–H and O–H groups in total. The topological polar surface area (TPSA) is 78.9 Å². The standard InChI is InChI=1S/C22H35N5O2/c1-2-23-22(24-13-7-15-27-14-6-10-21(27)28)26-17-18-11-12-20(25-16-18)29-19-8-4-3-5-9-19/h11-12,16,19H,2-10,13-15,17H2,1H3,(H2,23,24,26). The zero-order valence-electron chi connectivity index (χ0n) is 17.7. The van der Waals surface area contributed by atoms with Gasteiger partial charge < -0.3 is 20.3 Å². The summed E-state index contributed by atoms with van der Waals surface area (Å²) in [7, 11) is 0. The quantitative estimate of drug-likeness (QED) is 0.378. The molecule has 7 heteroatoms. The lowest BCUT2D eigenvalue weighted by molar-refractivity contribution is -0.127. The molecule has 0 atom stereocenters. The van der Waals surface area contributed by atoms with Crippen molar-refractivity contribution in [3.63, 3.8) is 0 Å². The molecule has 0 bridgehead atoms. The van der Waals surface area contributed by atoms with Crippen LogP contribution in [0.5, 0.6) is 5.88 Å².